The van der Waals surface area contributed by atoms with Gasteiger partial charge in [0.1, 0.15) is 17.4 Å². The molecule has 0 unspecified atom stereocenters. The maximum Gasteiger partial charge on any atom is 0.140 e. The second kappa shape index (κ2) is 13.9. The van der Waals surface area contributed by atoms with E-state index in [1.165, 1.54) is 37.4 Å². The minimum absolute atomic E-state index is 0.201. The number of benzene rings is 1. The lowest BCUT2D eigenvalue weighted by molar-refractivity contribution is -0.114. The van der Waals surface area contributed by atoms with E-state index in [0.717, 1.165) is 39.3 Å². The maximum absolute atomic E-state index is 10.6. The van der Waals surface area contributed by atoms with E-state index in [1.807, 2.05) is 62.3 Å². The lowest BCUT2D eigenvalue weighted by Gasteiger charge is -2.22. The second-order valence-electron chi connectivity index (χ2n) is 9.04. The number of aromatic nitrogens is 3. The van der Waals surface area contributed by atoms with Crippen molar-refractivity contribution < 1.29 is 4.79 Å². The molecule has 0 spiro atoms. The van der Waals surface area contributed by atoms with Crippen LogP contribution in [0, 0.1) is 18.8 Å². The second-order valence-corrected chi connectivity index (χ2v) is 10.1. The molecule has 0 radical (unpaired) electrons. The number of pyridine rings is 1. The van der Waals surface area contributed by atoms with Gasteiger partial charge in [-0.1, -0.05) is 51.7 Å². The van der Waals surface area contributed by atoms with E-state index in [-0.39, 0.29) is 5.78 Å². The Hall–Kier alpha value is -2.47. The quantitative estimate of drug-likeness (QED) is 0.404. The van der Waals surface area contributed by atoms with Crippen molar-refractivity contribution in [2.75, 3.05) is 24.7 Å². The van der Waals surface area contributed by atoms with Crippen LogP contribution in [0.4, 0.5) is 5.82 Å². The highest BCUT2D eigenvalue weighted by molar-refractivity contribution is 8.00. The standard InChI is InChI=1S/C11H13N3.C8H9NOS.C8H16/c1-8-12-10-7-5-4-6-9(10)11(13-8)14(2)3;1-7(10)6-11-8-2-4-9-5-3-8;1-7-3-5-8(2)6-4-7/h4-7H,1-3H3;2-5H,6H2,1H3;7-8H,3-6H2,1-2H3. The first kappa shape index (κ1) is 26.8. The molecule has 2 heterocycles. The molecule has 1 aromatic carbocycles. The molecule has 0 saturated heterocycles. The van der Waals surface area contributed by atoms with Gasteiger partial charge in [-0.25, -0.2) is 9.97 Å². The summed E-state index contributed by atoms with van der Waals surface area (Å²) in [5, 5.41) is 1.10. The number of anilines is 1. The molecule has 0 N–H and O–H groups in total. The first-order chi connectivity index (χ1) is 15.8. The summed E-state index contributed by atoms with van der Waals surface area (Å²) < 4.78 is 0. The van der Waals surface area contributed by atoms with Crippen LogP contribution in [-0.2, 0) is 4.79 Å². The van der Waals surface area contributed by atoms with Crippen molar-refractivity contribution in [1.29, 1.82) is 0 Å². The summed E-state index contributed by atoms with van der Waals surface area (Å²) in [4.78, 5) is 26.4. The number of nitrogens with zero attached hydrogens (tertiary/aromatic N) is 4. The van der Waals surface area contributed by atoms with Crippen molar-refractivity contribution in [3.05, 3.63) is 54.6 Å². The van der Waals surface area contributed by atoms with Crippen molar-refractivity contribution in [2.45, 2.75) is 58.3 Å². The third-order valence-corrected chi connectivity index (χ3v) is 6.67. The first-order valence-corrected chi connectivity index (χ1v) is 12.7. The number of thioether (sulfide) groups is 1. The molecule has 0 aliphatic heterocycles. The van der Waals surface area contributed by atoms with E-state index in [0.29, 0.717) is 5.75 Å². The molecule has 3 aromatic rings. The van der Waals surface area contributed by atoms with E-state index in [2.05, 4.69) is 28.8 Å². The fourth-order valence-electron chi connectivity index (χ4n) is 3.56. The normalized spacial score (nSPS) is 17.3. The fourth-order valence-corrected chi connectivity index (χ4v) is 4.24. The summed E-state index contributed by atoms with van der Waals surface area (Å²) in [5.74, 6) is 4.58. The van der Waals surface area contributed by atoms with Crippen LogP contribution in [0.2, 0.25) is 0 Å². The van der Waals surface area contributed by atoms with Gasteiger partial charge in [-0.2, -0.15) is 0 Å². The summed E-state index contributed by atoms with van der Waals surface area (Å²) >= 11 is 1.54. The summed E-state index contributed by atoms with van der Waals surface area (Å²) in [5.41, 5.74) is 1.00. The predicted molar refractivity (Wildman–Crippen MR) is 141 cm³/mol. The fraction of sp³-hybridized carbons (Fsp3) is 0.481. The van der Waals surface area contributed by atoms with E-state index in [1.54, 1.807) is 19.3 Å². The third kappa shape index (κ3) is 9.91. The zero-order valence-electron chi connectivity index (χ0n) is 20.9. The average molecular weight is 467 g/mol. The van der Waals surface area contributed by atoms with E-state index < -0.39 is 0 Å². The molecule has 0 atom stereocenters. The topological polar surface area (TPSA) is 59.0 Å². The van der Waals surface area contributed by atoms with E-state index >= 15 is 0 Å². The Labute approximate surface area is 203 Å². The number of aryl methyl sites for hydroxylation is 1. The molecule has 1 aliphatic rings. The first-order valence-electron chi connectivity index (χ1n) is 11.7. The van der Waals surface area contributed by atoms with Crippen molar-refractivity contribution in [1.82, 2.24) is 15.0 Å². The van der Waals surface area contributed by atoms with Gasteiger partial charge < -0.3 is 4.90 Å². The number of hydrogen-bond acceptors (Lipinski definition) is 6. The SMILES string of the molecule is CC(=O)CSc1ccncc1.CC1CCC(C)CC1.Cc1nc(N(C)C)c2ccccc2n1. The Bertz CT molecular complexity index is 976. The molecule has 1 aliphatic carbocycles. The van der Waals surface area contributed by atoms with E-state index in [4.69, 9.17) is 0 Å². The number of para-hydroxylation sites is 1. The highest BCUT2D eigenvalue weighted by atomic mass is 32.2. The van der Waals surface area contributed by atoms with Crippen LogP contribution >= 0.6 is 11.8 Å². The number of carbonyl (C=O) groups is 1. The number of ketones is 1. The Balaban J connectivity index is 0.000000182. The van der Waals surface area contributed by atoms with Gasteiger partial charge in [0.25, 0.3) is 0 Å². The van der Waals surface area contributed by atoms with Crippen LogP contribution in [0.1, 0.15) is 52.3 Å². The molecule has 0 amide bonds. The van der Waals surface area contributed by atoms with E-state index in [9.17, 15) is 4.79 Å². The van der Waals surface area contributed by atoms with Crippen molar-refractivity contribution in [3.63, 3.8) is 0 Å². The summed E-state index contributed by atoms with van der Waals surface area (Å²) in [6, 6.07) is 11.9. The number of rotatable bonds is 4. The van der Waals surface area contributed by atoms with Crippen LogP contribution in [-0.4, -0.2) is 40.6 Å². The number of hydrogen-bond donors (Lipinski definition) is 0. The Morgan fingerprint density at radius 3 is 2.09 bits per heavy atom. The third-order valence-electron chi connectivity index (χ3n) is 5.51. The minimum Gasteiger partial charge on any atom is -0.362 e. The lowest BCUT2D eigenvalue weighted by Crippen LogP contribution is -2.12. The van der Waals surface area contributed by atoms with Gasteiger partial charge in [-0.3, -0.25) is 9.78 Å². The van der Waals surface area contributed by atoms with Gasteiger partial charge in [0.2, 0.25) is 0 Å². The van der Waals surface area contributed by atoms with Crippen molar-refractivity contribution in [2.24, 2.45) is 11.8 Å². The highest BCUT2D eigenvalue weighted by Gasteiger charge is 2.13. The molecular formula is C27H38N4OS. The van der Waals surface area contributed by atoms with Gasteiger partial charge >= 0.3 is 0 Å². The summed E-state index contributed by atoms with van der Waals surface area (Å²) in [7, 11) is 3.99. The van der Waals surface area contributed by atoms with Gasteiger partial charge in [0.15, 0.2) is 0 Å². The Morgan fingerprint density at radius 2 is 1.55 bits per heavy atom. The average Bonchev–Trinajstić information content (AvgIpc) is 2.80. The number of fused-ring (bicyclic) bond motifs is 1. The van der Waals surface area contributed by atoms with Crippen molar-refractivity contribution >= 4 is 34.3 Å². The van der Waals surface area contributed by atoms with Gasteiger partial charge in [0.05, 0.1) is 11.3 Å². The number of carbonyl (C=O) groups excluding carboxylic acids is 1. The van der Waals surface area contributed by atoms with Gasteiger partial charge in [-0.15, -0.1) is 11.8 Å². The molecule has 6 heteroatoms. The Morgan fingerprint density at radius 1 is 0.970 bits per heavy atom. The lowest BCUT2D eigenvalue weighted by atomic mass is 9.84. The van der Waals surface area contributed by atoms with Crippen LogP contribution in [0.3, 0.4) is 0 Å². The molecule has 0 bridgehead atoms. The van der Waals surface area contributed by atoms with Crippen LogP contribution < -0.4 is 4.90 Å². The van der Waals surface area contributed by atoms with Gasteiger partial charge in [0, 0.05) is 36.8 Å². The molecule has 2 aromatic heterocycles. The minimum atomic E-state index is 0.201. The molecular weight excluding hydrogens is 428 g/mol. The molecule has 1 saturated carbocycles. The van der Waals surface area contributed by atoms with Crippen LogP contribution in [0.15, 0.2) is 53.7 Å². The summed E-state index contributed by atoms with van der Waals surface area (Å²) in [6.07, 6.45) is 9.34. The predicted octanol–water partition coefficient (Wildman–Crippen LogP) is 6.60. The smallest absolute Gasteiger partial charge is 0.140 e. The monoisotopic (exact) mass is 466 g/mol. The maximum atomic E-state index is 10.6. The highest BCUT2D eigenvalue weighted by Crippen LogP contribution is 2.27. The molecule has 33 heavy (non-hydrogen) atoms. The van der Waals surface area contributed by atoms with Gasteiger partial charge in [-0.05, 0) is 49.9 Å². The molecule has 1 fully saturated rings. The number of Topliss-reactive ketones (excluding diaryl/α,β-unsaturated/α-hetero) is 1. The summed E-state index contributed by atoms with van der Waals surface area (Å²) in [6.45, 7) is 8.24. The zero-order valence-corrected chi connectivity index (χ0v) is 21.7. The Kier molecular flexibility index (Phi) is 11.3. The molecule has 5 nitrogen and oxygen atoms in total. The van der Waals surface area contributed by atoms with Crippen molar-refractivity contribution in [3.8, 4) is 0 Å². The molecule has 178 valence electrons. The zero-order chi connectivity index (χ0) is 24.2. The molecule has 4 rings (SSSR count). The van der Waals surface area contributed by atoms with Crippen LogP contribution in [0.25, 0.3) is 10.9 Å². The largest absolute Gasteiger partial charge is 0.362 e. The van der Waals surface area contributed by atoms with Crippen LogP contribution in [0.5, 0.6) is 0 Å².